The van der Waals surface area contributed by atoms with Gasteiger partial charge < -0.3 is 5.32 Å². The number of halogens is 3. The van der Waals surface area contributed by atoms with Crippen molar-refractivity contribution in [2.45, 2.75) is 39.2 Å². The quantitative estimate of drug-likeness (QED) is 0.725. The Kier molecular flexibility index (Phi) is 4.48. The van der Waals surface area contributed by atoms with E-state index in [2.05, 4.69) is 19.2 Å². The van der Waals surface area contributed by atoms with Crippen molar-refractivity contribution in [3.8, 4) is 0 Å². The standard InChI is InChI=1S/C14H18Cl3N/c1-9(18-8-14(2)6-3-7-14)10-4-5-11(15)13(17)12(10)16/h4-5,9,18H,3,6-8H2,1-2H3. The van der Waals surface area contributed by atoms with Crippen LogP contribution in [-0.4, -0.2) is 6.54 Å². The monoisotopic (exact) mass is 305 g/mol. The minimum absolute atomic E-state index is 0.185. The van der Waals surface area contributed by atoms with Gasteiger partial charge in [0.25, 0.3) is 0 Å². The smallest absolute Gasteiger partial charge is 0.0781 e. The fraction of sp³-hybridized carbons (Fsp3) is 0.571. The molecule has 0 aromatic heterocycles. The lowest BCUT2D eigenvalue weighted by Gasteiger charge is -2.39. The highest BCUT2D eigenvalue weighted by Gasteiger charge is 2.31. The molecule has 1 aromatic rings. The molecule has 1 aliphatic rings. The van der Waals surface area contributed by atoms with Gasteiger partial charge >= 0.3 is 0 Å². The summed E-state index contributed by atoms with van der Waals surface area (Å²) in [5.74, 6) is 0. The number of rotatable bonds is 4. The summed E-state index contributed by atoms with van der Waals surface area (Å²) < 4.78 is 0. The first-order chi connectivity index (χ1) is 8.43. The van der Waals surface area contributed by atoms with E-state index in [9.17, 15) is 0 Å². The summed E-state index contributed by atoms with van der Waals surface area (Å²) in [7, 11) is 0. The van der Waals surface area contributed by atoms with Gasteiger partial charge in [-0.25, -0.2) is 0 Å². The molecule has 0 spiro atoms. The van der Waals surface area contributed by atoms with Crippen LogP contribution in [0.3, 0.4) is 0 Å². The van der Waals surface area contributed by atoms with E-state index < -0.39 is 0 Å². The zero-order valence-corrected chi connectivity index (χ0v) is 13.0. The lowest BCUT2D eigenvalue weighted by atomic mass is 9.70. The van der Waals surface area contributed by atoms with Crippen molar-refractivity contribution >= 4 is 34.8 Å². The Hall–Kier alpha value is 0.0500. The highest BCUT2D eigenvalue weighted by atomic mass is 35.5. The number of benzene rings is 1. The third-order valence-corrected chi connectivity index (χ3v) is 5.24. The summed E-state index contributed by atoms with van der Waals surface area (Å²) in [6.07, 6.45) is 3.96. The minimum atomic E-state index is 0.185. The lowest BCUT2D eigenvalue weighted by molar-refractivity contribution is 0.152. The Balaban J connectivity index is 2.04. The van der Waals surface area contributed by atoms with Crippen molar-refractivity contribution in [1.82, 2.24) is 5.32 Å². The van der Waals surface area contributed by atoms with Crippen LogP contribution >= 0.6 is 34.8 Å². The second-order valence-electron chi connectivity index (χ2n) is 5.53. The van der Waals surface area contributed by atoms with Gasteiger partial charge in [-0.3, -0.25) is 0 Å². The van der Waals surface area contributed by atoms with E-state index in [0.717, 1.165) is 12.1 Å². The topological polar surface area (TPSA) is 12.0 Å². The Morgan fingerprint density at radius 3 is 2.44 bits per heavy atom. The molecule has 100 valence electrons. The van der Waals surface area contributed by atoms with Gasteiger partial charge in [0.1, 0.15) is 0 Å². The van der Waals surface area contributed by atoms with E-state index in [1.807, 2.05) is 6.07 Å². The van der Waals surface area contributed by atoms with Crippen LogP contribution < -0.4 is 5.32 Å². The highest BCUT2D eigenvalue weighted by Crippen LogP contribution is 2.40. The molecule has 1 saturated carbocycles. The second-order valence-corrected chi connectivity index (χ2v) is 6.69. The third kappa shape index (κ3) is 2.96. The maximum Gasteiger partial charge on any atom is 0.0781 e. The molecule has 1 fully saturated rings. The third-order valence-electron chi connectivity index (χ3n) is 3.93. The minimum Gasteiger partial charge on any atom is -0.310 e. The molecule has 2 rings (SSSR count). The maximum absolute atomic E-state index is 6.23. The van der Waals surface area contributed by atoms with Gasteiger partial charge in [-0.05, 0) is 36.8 Å². The van der Waals surface area contributed by atoms with Gasteiger partial charge in [-0.1, -0.05) is 54.2 Å². The highest BCUT2D eigenvalue weighted by molar-refractivity contribution is 6.48. The predicted octanol–water partition coefficient (Wildman–Crippen LogP) is 5.49. The van der Waals surface area contributed by atoms with E-state index in [-0.39, 0.29) is 6.04 Å². The Bertz CT molecular complexity index is 441. The molecule has 1 aliphatic carbocycles. The first kappa shape index (κ1) is 14.5. The second kappa shape index (κ2) is 5.58. The van der Waals surface area contributed by atoms with Gasteiger partial charge in [0.2, 0.25) is 0 Å². The molecule has 1 unspecified atom stereocenters. The molecule has 0 heterocycles. The Morgan fingerprint density at radius 2 is 1.89 bits per heavy atom. The van der Waals surface area contributed by atoms with Crippen LogP contribution in [0.5, 0.6) is 0 Å². The van der Waals surface area contributed by atoms with Crippen LogP contribution in [0.1, 0.15) is 44.7 Å². The van der Waals surface area contributed by atoms with Crippen molar-refractivity contribution in [1.29, 1.82) is 0 Å². The summed E-state index contributed by atoms with van der Waals surface area (Å²) in [5.41, 5.74) is 1.46. The van der Waals surface area contributed by atoms with Crippen molar-refractivity contribution in [2.24, 2.45) is 5.41 Å². The van der Waals surface area contributed by atoms with Gasteiger partial charge in [-0.15, -0.1) is 0 Å². The average molecular weight is 307 g/mol. The summed E-state index contributed by atoms with van der Waals surface area (Å²) in [5, 5.41) is 5.05. The first-order valence-electron chi connectivity index (χ1n) is 6.30. The van der Waals surface area contributed by atoms with E-state index in [1.165, 1.54) is 19.3 Å². The Labute approximate surface area is 124 Å². The van der Waals surface area contributed by atoms with E-state index in [0.29, 0.717) is 20.5 Å². The van der Waals surface area contributed by atoms with Gasteiger partial charge in [0.05, 0.1) is 15.1 Å². The average Bonchev–Trinajstić information content (AvgIpc) is 2.31. The molecule has 4 heteroatoms. The van der Waals surface area contributed by atoms with Crippen LogP contribution in [0.15, 0.2) is 12.1 Å². The molecule has 1 nitrogen and oxygen atoms in total. The molecule has 0 radical (unpaired) electrons. The van der Waals surface area contributed by atoms with Crippen LogP contribution in [0.4, 0.5) is 0 Å². The molecule has 0 bridgehead atoms. The van der Waals surface area contributed by atoms with E-state index in [4.69, 9.17) is 34.8 Å². The summed E-state index contributed by atoms with van der Waals surface area (Å²) >= 11 is 18.2. The summed E-state index contributed by atoms with van der Waals surface area (Å²) in [4.78, 5) is 0. The fourth-order valence-corrected chi connectivity index (χ4v) is 3.05. The molecule has 18 heavy (non-hydrogen) atoms. The zero-order chi connectivity index (χ0) is 13.3. The zero-order valence-electron chi connectivity index (χ0n) is 10.7. The Morgan fingerprint density at radius 1 is 1.22 bits per heavy atom. The molecular weight excluding hydrogens is 289 g/mol. The van der Waals surface area contributed by atoms with Crippen LogP contribution in [-0.2, 0) is 0 Å². The first-order valence-corrected chi connectivity index (χ1v) is 7.43. The molecule has 1 aromatic carbocycles. The molecule has 1 N–H and O–H groups in total. The molecule has 0 aliphatic heterocycles. The normalized spacial score (nSPS) is 19.4. The van der Waals surface area contributed by atoms with E-state index >= 15 is 0 Å². The van der Waals surface area contributed by atoms with Gasteiger partial charge in [0, 0.05) is 12.6 Å². The van der Waals surface area contributed by atoms with Crippen LogP contribution in [0.2, 0.25) is 15.1 Å². The van der Waals surface area contributed by atoms with Crippen LogP contribution in [0.25, 0.3) is 0 Å². The van der Waals surface area contributed by atoms with Crippen LogP contribution in [0, 0.1) is 5.41 Å². The van der Waals surface area contributed by atoms with Gasteiger partial charge in [0.15, 0.2) is 0 Å². The molecule has 1 atom stereocenters. The largest absolute Gasteiger partial charge is 0.310 e. The summed E-state index contributed by atoms with van der Waals surface area (Å²) in [6, 6.07) is 3.93. The number of hydrogen-bond acceptors (Lipinski definition) is 1. The molecule has 0 amide bonds. The lowest BCUT2D eigenvalue weighted by Crippen LogP contribution is -2.38. The summed E-state index contributed by atoms with van der Waals surface area (Å²) in [6.45, 7) is 5.45. The van der Waals surface area contributed by atoms with E-state index in [1.54, 1.807) is 6.07 Å². The SMILES string of the molecule is CC(NCC1(C)CCC1)c1ccc(Cl)c(Cl)c1Cl. The number of hydrogen-bond donors (Lipinski definition) is 1. The van der Waals surface area contributed by atoms with Crippen molar-refractivity contribution < 1.29 is 0 Å². The number of nitrogens with one attached hydrogen (secondary N) is 1. The predicted molar refractivity (Wildman–Crippen MR) is 79.8 cm³/mol. The molecular formula is C14H18Cl3N. The fourth-order valence-electron chi connectivity index (χ4n) is 2.34. The van der Waals surface area contributed by atoms with Gasteiger partial charge in [-0.2, -0.15) is 0 Å². The van der Waals surface area contributed by atoms with Crippen molar-refractivity contribution in [3.63, 3.8) is 0 Å². The maximum atomic E-state index is 6.23. The molecule has 0 saturated heterocycles. The van der Waals surface area contributed by atoms with Crippen molar-refractivity contribution in [3.05, 3.63) is 32.8 Å². The van der Waals surface area contributed by atoms with Crippen molar-refractivity contribution in [2.75, 3.05) is 6.54 Å².